The van der Waals surface area contributed by atoms with E-state index in [1.165, 1.54) is 18.5 Å². The lowest BCUT2D eigenvalue weighted by molar-refractivity contribution is 0.627. The predicted molar refractivity (Wildman–Crippen MR) is 78.8 cm³/mol. The van der Waals surface area contributed by atoms with E-state index in [9.17, 15) is 4.39 Å². The first kappa shape index (κ1) is 13.4. The Bertz CT molecular complexity index is 724. The van der Waals surface area contributed by atoms with Crippen molar-refractivity contribution < 1.29 is 4.39 Å². The summed E-state index contributed by atoms with van der Waals surface area (Å²) in [6, 6.07) is 6.29. The van der Waals surface area contributed by atoms with Crippen molar-refractivity contribution in [3.8, 4) is 0 Å². The van der Waals surface area contributed by atoms with Gasteiger partial charge in [-0.25, -0.2) is 19.3 Å². The Morgan fingerprint density at radius 2 is 1.95 bits per heavy atom. The van der Waals surface area contributed by atoms with E-state index in [4.69, 9.17) is 5.73 Å². The number of hydrogen-bond donors (Lipinski definition) is 2. The Kier molecular flexibility index (Phi) is 3.74. The Labute approximate surface area is 120 Å². The average molecular weight is 286 g/mol. The molecule has 0 saturated heterocycles. The first-order valence-corrected chi connectivity index (χ1v) is 6.67. The summed E-state index contributed by atoms with van der Waals surface area (Å²) in [6.07, 6.45) is 3.84. The summed E-state index contributed by atoms with van der Waals surface area (Å²) in [5.41, 5.74) is 7.80. The molecule has 0 spiro atoms. The van der Waals surface area contributed by atoms with Crippen LogP contribution in [0.4, 0.5) is 15.9 Å². The summed E-state index contributed by atoms with van der Waals surface area (Å²) in [7, 11) is 0. The molecular formula is C14H15FN6. The maximum atomic E-state index is 13.1. The number of fused-ring (bicyclic) bond motifs is 1. The van der Waals surface area contributed by atoms with Crippen molar-refractivity contribution in [3.63, 3.8) is 0 Å². The van der Waals surface area contributed by atoms with Crippen molar-refractivity contribution >= 4 is 22.7 Å². The number of nitrogens with zero attached hydrogens (tertiary/aromatic N) is 4. The first-order valence-electron chi connectivity index (χ1n) is 6.67. The lowest BCUT2D eigenvalue weighted by atomic mass is 10.2. The molecule has 0 fully saturated rings. The van der Waals surface area contributed by atoms with Crippen LogP contribution in [0.3, 0.4) is 0 Å². The molecule has 0 bridgehead atoms. The normalized spacial score (nSPS) is 11.0. The Balaban J connectivity index is 2.06. The van der Waals surface area contributed by atoms with Crippen LogP contribution < -0.4 is 10.6 Å². The molecule has 6 nitrogen and oxygen atoms in total. The molecule has 0 unspecified atom stereocenters. The minimum atomic E-state index is -0.271. The number of H-pyrrole nitrogens is 1. The van der Waals surface area contributed by atoms with Gasteiger partial charge >= 0.3 is 0 Å². The van der Waals surface area contributed by atoms with Crippen molar-refractivity contribution in [1.82, 2.24) is 19.9 Å². The van der Waals surface area contributed by atoms with Gasteiger partial charge in [0, 0.05) is 12.2 Å². The minimum absolute atomic E-state index is 0.271. The van der Waals surface area contributed by atoms with E-state index < -0.39 is 0 Å². The summed E-state index contributed by atoms with van der Waals surface area (Å²) in [6.45, 7) is 1.24. The largest absolute Gasteiger partial charge is 0.340 e. The van der Waals surface area contributed by atoms with Gasteiger partial charge in [-0.05, 0) is 37.2 Å². The number of nitrogens with one attached hydrogen (secondary N) is 1. The van der Waals surface area contributed by atoms with Gasteiger partial charge in [-0.2, -0.15) is 0 Å². The van der Waals surface area contributed by atoms with Crippen molar-refractivity contribution in [2.75, 3.05) is 18.0 Å². The topological polar surface area (TPSA) is 83.7 Å². The van der Waals surface area contributed by atoms with Gasteiger partial charge in [0.05, 0.1) is 6.33 Å². The number of nitrogens with two attached hydrogens (primary N) is 1. The molecule has 0 aliphatic rings. The zero-order valence-electron chi connectivity index (χ0n) is 11.3. The van der Waals surface area contributed by atoms with E-state index in [2.05, 4.69) is 19.9 Å². The molecule has 1 aromatic carbocycles. The molecule has 0 aliphatic heterocycles. The number of anilines is 2. The van der Waals surface area contributed by atoms with Gasteiger partial charge in [-0.15, -0.1) is 0 Å². The van der Waals surface area contributed by atoms with E-state index in [0.717, 1.165) is 17.6 Å². The van der Waals surface area contributed by atoms with Gasteiger partial charge in [-0.1, -0.05) is 0 Å². The molecule has 0 aliphatic carbocycles. The van der Waals surface area contributed by atoms with Gasteiger partial charge in [0.2, 0.25) is 0 Å². The predicted octanol–water partition coefficient (Wildman–Crippen LogP) is 1.98. The summed E-state index contributed by atoms with van der Waals surface area (Å²) in [4.78, 5) is 17.6. The Hall–Kier alpha value is -2.54. The van der Waals surface area contributed by atoms with E-state index in [-0.39, 0.29) is 5.82 Å². The third-order valence-electron chi connectivity index (χ3n) is 3.18. The monoisotopic (exact) mass is 286 g/mol. The molecule has 2 aromatic heterocycles. The highest BCUT2D eigenvalue weighted by Crippen LogP contribution is 2.28. The van der Waals surface area contributed by atoms with Crippen LogP contribution in [-0.2, 0) is 0 Å². The summed E-state index contributed by atoms with van der Waals surface area (Å²) in [5.74, 6) is 0.435. The van der Waals surface area contributed by atoms with E-state index in [1.54, 1.807) is 18.5 Å². The molecular weight excluding hydrogens is 271 g/mol. The highest BCUT2D eigenvalue weighted by Gasteiger charge is 2.15. The summed E-state index contributed by atoms with van der Waals surface area (Å²) in [5, 5.41) is 0. The lowest BCUT2D eigenvalue weighted by Crippen LogP contribution is -2.22. The number of hydrogen-bond acceptors (Lipinski definition) is 5. The molecule has 0 radical (unpaired) electrons. The van der Waals surface area contributed by atoms with Crippen LogP contribution in [0.1, 0.15) is 6.42 Å². The van der Waals surface area contributed by atoms with Crippen molar-refractivity contribution in [3.05, 3.63) is 42.7 Å². The zero-order chi connectivity index (χ0) is 14.7. The van der Waals surface area contributed by atoms with Crippen LogP contribution in [0.2, 0.25) is 0 Å². The molecule has 2 heterocycles. The van der Waals surface area contributed by atoms with Crippen LogP contribution in [0.15, 0.2) is 36.9 Å². The summed E-state index contributed by atoms with van der Waals surface area (Å²) < 4.78 is 13.1. The van der Waals surface area contributed by atoms with Crippen LogP contribution >= 0.6 is 0 Å². The molecule has 7 heteroatoms. The van der Waals surface area contributed by atoms with Crippen molar-refractivity contribution in [2.24, 2.45) is 5.73 Å². The second-order valence-corrected chi connectivity index (χ2v) is 4.57. The average Bonchev–Trinajstić information content (AvgIpc) is 2.98. The highest BCUT2D eigenvalue weighted by molar-refractivity contribution is 5.85. The molecule has 0 amide bonds. The van der Waals surface area contributed by atoms with Crippen molar-refractivity contribution in [2.45, 2.75) is 6.42 Å². The molecule has 3 aromatic rings. The smallest absolute Gasteiger partial charge is 0.182 e. The Morgan fingerprint density at radius 3 is 2.71 bits per heavy atom. The molecule has 0 atom stereocenters. The molecule has 108 valence electrons. The second kappa shape index (κ2) is 5.84. The number of rotatable bonds is 5. The maximum absolute atomic E-state index is 13.1. The van der Waals surface area contributed by atoms with Gasteiger partial charge < -0.3 is 15.6 Å². The number of aromatic nitrogens is 4. The number of aromatic amines is 1. The first-order chi connectivity index (χ1) is 10.3. The zero-order valence-corrected chi connectivity index (χ0v) is 11.3. The maximum Gasteiger partial charge on any atom is 0.182 e. The lowest BCUT2D eigenvalue weighted by Gasteiger charge is -2.23. The van der Waals surface area contributed by atoms with Crippen molar-refractivity contribution in [1.29, 1.82) is 0 Å². The number of benzene rings is 1. The SMILES string of the molecule is NCCCN(c1ccc(F)cc1)c1ncnc2nc[nH]c12. The fraction of sp³-hybridized carbons (Fsp3) is 0.214. The van der Waals surface area contributed by atoms with Gasteiger partial charge in [0.15, 0.2) is 11.5 Å². The molecule has 3 N–H and O–H groups in total. The van der Waals surface area contributed by atoms with Gasteiger partial charge in [0.1, 0.15) is 17.7 Å². The third kappa shape index (κ3) is 2.68. The highest BCUT2D eigenvalue weighted by atomic mass is 19.1. The fourth-order valence-corrected chi connectivity index (χ4v) is 2.18. The quantitative estimate of drug-likeness (QED) is 0.749. The summed E-state index contributed by atoms with van der Waals surface area (Å²) >= 11 is 0. The van der Waals surface area contributed by atoms with Gasteiger partial charge in [-0.3, -0.25) is 0 Å². The number of imidazole rings is 1. The van der Waals surface area contributed by atoms with Gasteiger partial charge in [0.25, 0.3) is 0 Å². The fourth-order valence-electron chi connectivity index (χ4n) is 2.18. The standard InChI is InChI=1S/C14H15FN6/c15-10-2-4-11(5-3-10)21(7-1-6-16)14-12-13(18-8-17-12)19-9-20-14/h2-5,8-9H,1,6-7,16H2,(H,17,18,19,20). The van der Waals surface area contributed by atoms with E-state index in [0.29, 0.717) is 24.6 Å². The molecule has 21 heavy (non-hydrogen) atoms. The molecule has 3 rings (SSSR count). The van der Waals surface area contributed by atoms with Crippen LogP contribution in [0, 0.1) is 5.82 Å². The van der Waals surface area contributed by atoms with E-state index in [1.807, 2.05) is 4.90 Å². The number of halogens is 1. The second-order valence-electron chi connectivity index (χ2n) is 4.57. The van der Waals surface area contributed by atoms with Crippen LogP contribution in [0.25, 0.3) is 11.2 Å². The minimum Gasteiger partial charge on any atom is -0.340 e. The molecule has 0 saturated carbocycles. The van der Waals surface area contributed by atoms with Crippen LogP contribution in [0.5, 0.6) is 0 Å². The Morgan fingerprint density at radius 1 is 1.14 bits per heavy atom. The van der Waals surface area contributed by atoms with Crippen LogP contribution in [-0.4, -0.2) is 33.0 Å². The third-order valence-corrected chi connectivity index (χ3v) is 3.18. The van der Waals surface area contributed by atoms with E-state index >= 15 is 0 Å².